The Balaban J connectivity index is 1.45. The highest BCUT2D eigenvalue weighted by atomic mass is 35.5. The maximum Gasteiger partial charge on any atom is 0.387 e. The lowest BCUT2D eigenvalue weighted by Gasteiger charge is -2.27. The summed E-state index contributed by atoms with van der Waals surface area (Å²) in [4.78, 5) is 28.3. The molecule has 1 aliphatic heterocycles. The van der Waals surface area contributed by atoms with Gasteiger partial charge in [-0.25, -0.2) is 4.79 Å². The van der Waals surface area contributed by atoms with Crippen molar-refractivity contribution in [1.82, 2.24) is 4.90 Å². The van der Waals surface area contributed by atoms with Gasteiger partial charge in [-0.1, -0.05) is 47.5 Å². The molecule has 2 aromatic carbocycles. The first-order chi connectivity index (χ1) is 20.2. The van der Waals surface area contributed by atoms with Crippen LogP contribution in [0, 0.1) is 11.1 Å². The summed E-state index contributed by atoms with van der Waals surface area (Å²) in [7, 11) is 0. The second kappa shape index (κ2) is 13.1. The average molecular weight is 621 g/mol. The molecule has 0 bridgehead atoms. The second-order valence-electron chi connectivity index (χ2n) is 10.3. The number of esters is 1. The summed E-state index contributed by atoms with van der Waals surface area (Å²) in [5, 5.41) is 11.9. The third kappa shape index (κ3) is 7.22. The van der Waals surface area contributed by atoms with Crippen LogP contribution < -0.4 is 14.2 Å². The van der Waals surface area contributed by atoms with E-state index >= 15 is 0 Å². The quantitative estimate of drug-likeness (QED) is 0.145. The molecule has 2 heterocycles. The summed E-state index contributed by atoms with van der Waals surface area (Å²) >= 11 is 12.7. The van der Waals surface area contributed by atoms with Crippen molar-refractivity contribution in [1.29, 1.82) is 0 Å². The minimum absolute atomic E-state index is 0.0410. The number of carbonyl (C=O) groups is 2. The molecule has 2 atom stereocenters. The lowest BCUT2D eigenvalue weighted by Crippen LogP contribution is -2.42. The first-order valence-corrected chi connectivity index (χ1v) is 14.3. The van der Waals surface area contributed by atoms with E-state index in [1.54, 1.807) is 30.3 Å². The molecule has 1 aliphatic carbocycles. The molecule has 12 heteroatoms. The van der Waals surface area contributed by atoms with Gasteiger partial charge in [0.2, 0.25) is 0 Å². The molecule has 0 unspecified atom stereocenters. The summed E-state index contributed by atoms with van der Waals surface area (Å²) in [5.41, 5.74) is 1.20. The summed E-state index contributed by atoms with van der Waals surface area (Å²) in [6.45, 7) is -2.35. The molecule has 1 aromatic heterocycles. The number of alkyl halides is 2. The van der Waals surface area contributed by atoms with Gasteiger partial charge in [0.1, 0.15) is 22.2 Å². The summed E-state index contributed by atoms with van der Waals surface area (Å²) in [6, 6.07) is 12.1. The van der Waals surface area contributed by atoms with Gasteiger partial charge < -0.3 is 24.3 Å². The Hall–Kier alpha value is -3.63. The van der Waals surface area contributed by atoms with Gasteiger partial charge in [0.05, 0.1) is 6.61 Å². The Morgan fingerprint density at radius 3 is 2.40 bits per heavy atom. The zero-order valence-corrected chi connectivity index (χ0v) is 23.9. The lowest BCUT2D eigenvalue weighted by molar-refractivity contribution is -0.605. The van der Waals surface area contributed by atoms with Gasteiger partial charge in [-0.2, -0.15) is 13.5 Å². The number of benzene rings is 2. The van der Waals surface area contributed by atoms with Crippen molar-refractivity contribution in [2.45, 2.75) is 50.9 Å². The summed E-state index contributed by atoms with van der Waals surface area (Å²) in [6.07, 6.45) is 4.18. The molecule has 8 nitrogen and oxygen atoms in total. The van der Waals surface area contributed by atoms with E-state index in [2.05, 4.69) is 4.74 Å². The normalized spacial score (nSPS) is 17.3. The largest absolute Gasteiger partial charge is 0.619 e. The van der Waals surface area contributed by atoms with Crippen LogP contribution in [0.4, 0.5) is 8.78 Å². The third-order valence-electron chi connectivity index (χ3n) is 7.24. The summed E-state index contributed by atoms with van der Waals surface area (Å²) < 4.78 is 43.2. The topological polar surface area (TPSA) is 92.0 Å². The highest BCUT2D eigenvalue weighted by molar-refractivity contribution is 6.35. The Bertz CT molecular complexity index is 1420. The molecule has 2 fully saturated rings. The maximum atomic E-state index is 13.6. The zero-order chi connectivity index (χ0) is 29.8. The fourth-order valence-corrected chi connectivity index (χ4v) is 5.48. The molecule has 0 spiro atoms. The number of hydrogen-bond acceptors (Lipinski definition) is 6. The van der Waals surface area contributed by atoms with Crippen molar-refractivity contribution in [2.24, 2.45) is 5.92 Å². The minimum Gasteiger partial charge on any atom is -0.619 e. The van der Waals surface area contributed by atoms with Gasteiger partial charge in [0, 0.05) is 24.1 Å². The number of likely N-dealkylation sites (tertiary alicyclic amines) is 1. The van der Waals surface area contributed by atoms with Crippen LogP contribution in [0.3, 0.4) is 0 Å². The van der Waals surface area contributed by atoms with E-state index in [-0.39, 0.29) is 33.9 Å². The van der Waals surface area contributed by atoms with E-state index in [4.69, 9.17) is 32.7 Å². The van der Waals surface area contributed by atoms with Crippen molar-refractivity contribution in [3.05, 3.63) is 92.9 Å². The minimum atomic E-state index is -3.07. The molecule has 1 saturated heterocycles. The highest BCUT2D eigenvalue weighted by Gasteiger charge is 2.37. The molecule has 1 saturated carbocycles. The first kappa shape index (κ1) is 29.8. The SMILES string of the molecule is O=C(O[C@@H](Cc1c(Cl)c[n+]([O-])cc1Cl)c1ccc(OC(F)F)c(OCC2CC2)c1)[C@H]1CCCN1C(=O)c1ccccc1. The van der Waals surface area contributed by atoms with E-state index in [0.29, 0.717) is 53.3 Å². The number of rotatable bonds is 11. The monoisotopic (exact) mass is 620 g/mol. The number of ether oxygens (including phenoxy) is 3. The fourth-order valence-electron chi connectivity index (χ4n) is 4.88. The van der Waals surface area contributed by atoms with Crippen LogP contribution in [-0.4, -0.2) is 42.6 Å². The Morgan fingerprint density at radius 2 is 1.74 bits per heavy atom. The van der Waals surface area contributed by atoms with Crippen molar-refractivity contribution in [2.75, 3.05) is 13.2 Å². The number of hydrogen-bond donors (Lipinski definition) is 0. The first-order valence-electron chi connectivity index (χ1n) is 13.5. The van der Waals surface area contributed by atoms with Gasteiger partial charge in [-0.15, -0.1) is 0 Å². The molecule has 5 rings (SSSR count). The molecule has 1 amide bonds. The molecule has 2 aliphatic rings. The van der Waals surface area contributed by atoms with Gasteiger partial charge in [0.15, 0.2) is 23.9 Å². The van der Waals surface area contributed by atoms with E-state index in [9.17, 15) is 23.6 Å². The highest BCUT2D eigenvalue weighted by Crippen LogP contribution is 2.38. The van der Waals surface area contributed by atoms with Crippen LogP contribution in [0.15, 0.2) is 60.9 Å². The Kier molecular flexibility index (Phi) is 9.33. The van der Waals surface area contributed by atoms with Gasteiger partial charge in [-0.05, 0) is 61.4 Å². The molecular formula is C30H28Cl2F2N2O6. The predicted molar refractivity (Wildman–Crippen MR) is 150 cm³/mol. The smallest absolute Gasteiger partial charge is 0.387 e. The van der Waals surface area contributed by atoms with Gasteiger partial charge in [-0.3, -0.25) is 4.79 Å². The van der Waals surface area contributed by atoms with Crippen LogP contribution in [0.1, 0.15) is 53.3 Å². The lowest BCUT2D eigenvalue weighted by atomic mass is 10.0. The number of halogens is 4. The van der Waals surface area contributed by atoms with Gasteiger partial charge in [0.25, 0.3) is 5.91 Å². The van der Waals surface area contributed by atoms with Crippen LogP contribution >= 0.6 is 23.2 Å². The average Bonchev–Trinajstić information content (AvgIpc) is 3.66. The molecule has 0 N–H and O–H groups in total. The number of amides is 1. The van der Waals surface area contributed by atoms with E-state index in [1.165, 1.54) is 23.1 Å². The number of aromatic nitrogens is 1. The molecular weight excluding hydrogens is 593 g/mol. The fraction of sp³-hybridized carbons (Fsp3) is 0.367. The molecule has 3 aromatic rings. The predicted octanol–water partition coefficient (Wildman–Crippen LogP) is 6.15. The standard InChI is InChI=1S/C30H28Cl2F2N2O6/c31-22-15-35(39)16-23(32)21(22)14-26(20-10-11-25(42-30(33)34)27(13-20)40-17-18-8-9-18)41-29(38)24-7-4-12-36(24)28(37)19-5-2-1-3-6-19/h1-3,5-6,10-11,13,15-16,18,24,26,30H,4,7-9,12,14,17H2/t24-,26+/m1/s1. The second-order valence-corrected chi connectivity index (χ2v) is 11.1. The van der Waals surface area contributed by atoms with Crippen LogP contribution in [0.25, 0.3) is 0 Å². The maximum absolute atomic E-state index is 13.6. The van der Waals surface area contributed by atoms with E-state index < -0.39 is 24.7 Å². The Labute approximate surface area is 251 Å². The molecule has 0 radical (unpaired) electrons. The molecule has 222 valence electrons. The van der Waals surface area contributed by atoms with Crippen molar-refractivity contribution in [3.8, 4) is 11.5 Å². The van der Waals surface area contributed by atoms with Gasteiger partial charge >= 0.3 is 12.6 Å². The zero-order valence-electron chi connectivity index (χ0n) is 22.4. The Morgan fingerprint density at radius 1 is 1.02 bits per heavy atom. The van der Waals surface area contributed by atoms with E-state index in [1.807, 2.05) is 0 Å². The molecule has 42 heavy (non-hydrogen) atoms. The van der Waals surface area contributed by atoms with Crippen LogP contribution in [0.5, 0.6) is 11.5 Å². The van der Waals surface area contributed by atoms with Crippen LogP contribution in [0.2, 0.25) is 10.0 Å². The number of pyridine rings is 1. The van der Waals surface area contributed by atoms with Crippen molar-refractivity contribution < 1.29 is 37.3 Å². The van der Waals surface area contributed by atoms with Crippen molar-refractivity contribution >= 4 is 35.1 Å². The number of nitrogens with zero attached hydrogens (tertiary/aromatic N) is 2. The third-order valence-corrected chi connectivity index (χ3v) is 7.89. The number of carbonyl (C=O) groups excluding carboxylic acids is 2. The van der Waals surface area contributed by atoms with E-state index in [0.717, 1.165) is 25.2 Å². The van der Waals surface area contributed by atoms with Crippen molar-refractivity contribution in [3.63, 3.8) is 0 Å². The van der Waals surface area contributed by atoms with Crippen LogP contribution in [-0.2, 0) is 16.0 Å². The summed E-state index contributed by atoms with van der Waals surface area (Å²) in [5.74, 6) is -0.677.